The Hall–Kier alpha value is -1.16. The van der Waals surface area contributed by atoms with E-state index in [1.54, 1.807) is 0 Å². The summed E-state index contributed by atoms with van der Waals surface area (Å²) in [6.45, 7) is 2.27. The Bertz CT molecular complexity index is 443. The van der Waals surface area contributed by atoms with Crippen molar-refractivity contribution in [1.29, 1.82) is 0 Å². The molecule has 1 aromatic heterocycles. The summed E-state index contributed by atoms with van der Waals surface area (Å²) in [5.41, 5.74) is 0.229. The summed E-state index contributed by atoms with van der Waals surface area (Å²) < 4.78 is 4.61. The Morgan fingerprint density at radius 1 is 1.39 bits per heavy atom. The molecule has 0 atom stereocenters. The highest BCUT2D eigenvalue weighted by Crippen LogP contribution is 2.34. The summed E-state index contributed by atoms with van der Waals surface area (Å²) >= 11 is 6.00. The van der Waals surface area contributed by atoms with Crippen LogP contribution in [-0.4, -0.2) is 23.0 Å². The smallest absolute Gasteiger partial charge is 0.342 e. The van der Waals surface area contributed by atoms with Crippen molar-refractivity contribution in [3.05, 3.63) is 22.7 Å². The maximum Gasteiger partial charge on any atom is 0.342 e. The summed E-state index contributed by atoms with van der Waals surface area (Å²) in [5, 5.41) is 0.186. The quantitative estimate of drug-likeness (QED) is 0.610. The molecule has 0 amide bonds. The van der Waals surface area contributed by atoms with Crippen LogP contribution in [-0.2, 0) is 4.74 Å². The first-order valence-electron chi connectivity index (χ1n) is 6.22. The van der Waals surface area contributed by atoms with Crippen LogP contribution in [0.3, 0.4) is 0 Å². The van der Waals surface area contributed by atoms with Gasteiger partial charge in [0.15, 0.2) is 0 Å². The Morgan fingerprint density at radius 2 is 2.06 bits per heavy atom. The second kappa shape index (κ2) is 5.65. The zero-order valence-electron chi connectivity index (χ0n) is 10.6. The van der Waals surface area contributed by atoms with E-state index in [1.807, 2.05) is 0 Å². The first kappa shape index (κ1) is 13.3. The predicted octanol–water partition coefficient (Wildman–Crippen LogP) is 3.21. The van der Waals surface area contributed by atoms with Gasteiger partial charge in [0, 0.05) is 12.1 Å². The van der Waals surface area contributed by atoms with Crippen LogP contribution in [0.5, 0.6) is 0 Å². The van der Waals surface area contributed by atoms with E-state index in [9.17, 15) is 4.79 Å². The molecule has 1 aliphatic rings. The number of halogens is 1. The topological polar surface area (TPSA) is 52.1 Å². The van der Waals surface area contributed by atoms with Gasteiger partial charge < -0.3 is 4.74 Å². The number of methoxy groups -OCH3 is 1. The van der Waals surface area contributed by atoms with Crippen LogP contribution in [0.15, 0.2) is 6.20 Å². The van der Waals surface area contributed by atoms with Gasteiger partial charge in [-0.15, -0.1) is 0 Å². The molecule has 4 nitrogen and oxygen atoms in total. The van der Waals surface area contributed by atoms with Crippen LogP contribution in [0.4, 0.5) is 0 Å². The largest absolute Gasteiger partial charge is 0.465 e. The molecule has 1 fully saturated rings. The van der Waals surface area contributed by atoms with E-state index in [-0.39, 0.29) is 10.7 Å². The predicted molar refractivity (Wildman–Crippen MR) is 68.8 cm³/mol. The third-order valence-corrected chi connectivity index (χ3v) is 3.84. The molecule has 1 heterocycles. The number of rotatable bonds is 2. The number of nitrogens with zero attached hydrogens (tertiary/aromatic N) is 2. The zero-order chi connectivity index (χ0) is 13.1. The summed E-state index contributed by atoms with van der Waals surface area (Å²) in [6.07, 6.45) is 6.05. The summed E-state index contributed by atoms with van der Waals surface area (Å²) in [7, 11) is 1.31. The normalized spacial score (nSPS) is 23.7. The summed E-state index contributed by atoms with van der Waals surface area (Å²) in [6, 6.07) is 0. The van der Waals surface area contributed by atoms with E-state index in [4.69, 9.17) is 11.6 Å². The number of ether oxygens (including phenoxy) is 1. The number of esters is 1. The Morgan fingerprint density at radius 3 is 2.61 bits per heavy atom. The third-order valence-electron chi connectivity index (χ3n) is 3.55. The lowest BCUT2D eigenvalue weighted by atomic mass is 9.82. The van der Waals surface area contributed by atoms with Crippen LogP contribution >= 0.6 is 11.6 Å². The minimum absolute atomic E-state index is 0.186. The van der Waals surface area contributed by atoms with Crippen molar-refractivity contribution in [2.45, 2.75) is 38.5 Å². The summed E-state index contributed by atoms with van der Waals surface area (Å²) in [4.78, 5) is 19.9. The highest BCUT2D eigenvalue weighted by Gasteiger charge is 2.23. The molecule has 18 heavy (non-hydrogen) atoms. The monoisotopic (exact) mass is 268 g/mol. The second-order valence-corrected chi connectivity index (χ2v) is 5.24. The van der Waals surface area contributed by atoms with Crippen LogP contribution in [0.25, 0.3) is 0 Å². The first-order valence-corrected chi connectivity index (χ1v) is 6.60. The Balaban J connectivity index is 2.16. The maximum atomic E-state index is 11.4. The van der Waals surface area contributed by atoms with Crippen LogP contribution < -0.4 is 0 Å². The molecule has 0 radical (unpaired) electrons. The zero-order valence-corrected chi connectivity index (χ0v) is 11.4. The van der Waals surface area contributed by atoms with Gasteiger partial charge in [0.2, 0.25) is 0 Å². The molecule has 0 saturated heterocycles. The molecule has 0 unspecified atom stereocenters. The lowest BCUT2D eigenvalue weighted by molar-refractivity contribution is 0.0600. The molecular weight excluding hydrogens is 252 g/mol. The Kier molecular flexibility index (Phi) is 4.17. The molecule has 1 saturated carbocycles. The van der Waals surface area contributed by atoms with Gasteiger partial charge in [-0.05, 0) is 18.8 Å². The average molecular weight is 269 g/mol. The van der Waals surface area contributed by atoms with E-state index in [2.05, 4.69) is 21.6 Å². The van der Waals surface area contributed by atoms with Gasteiger partial charge in [-0.25, -0.2) is 14.8 Å². The molecule has 1 aliphatic carbocycles. The van der Waals surface area contributed by atoms with Gasteiger partial charge in [-0.3, -0.25) is 0 Å². The number of carbonyl (C=O) groups is 1. The number of hydrogen-bond donors (Lipinski definition) is 0. The highest BCUT2D eigenvalue weighted by molar-refractivity contribution is 6.32. The van der Waals surface area contributed by atoms with E-state index in [0.29, 0.717) is 5.92 Å². The molecule has 98 valence electrons. The van der Waals surface area contributed by atoms with Crippen molar-refractivity contribution in [3.8, 4) is 0 Å². The van der Waals surface area contributed by atoms with E-state index >= 15 is 0 Å². The minimum Gasteiger partial charge on any atom is -0.465 e. The SMILES string of the molecule is COC(=O)c1cnc(C2CCC(C)CC2)nc1Cl. The van der Waals surface area contributed by atoms with Gasteiger partial charge in [-0.1, -0.05) is 31.4 Å². The summed E-state index contributed by atoms with van der Waals surface area (Å²) in [5.74, 6) is 1.40. The van der Waals surface area contributed by atoms with Gasteiger partial charge in [0.1, 0.15) is 16.5 Å². The molecule has 0 aliphatic heterocycles. The van der Waals surface area contributed by atoms with Gasteiger partial charge >= 0.3 is 5.97 Å². The van der Waals surface area contributed by atoms with Crippen LogP contribution in [0.1, 0.15) is 54.7 Å². The fourth-order valence-electron chi connectivity index (χ4n) is 2.34. The Labute approximate surface area is 112 Å². The van der Waals surface area contributed by atoms with E-state index in [0.717, 1.165) is 24.6 Å². The lowest BCUT2D eigenvalue weighted by Crippen LogP contribution is -2.14. The first-order chi connectivity index (χ1) is 8.61. The molecule has 0 N–H and O–H groups in total. The number of aromatic nitrogens is 2. The molecule has 5 heteroatoms. The molecule has 0 aromatic carbocycles. The highest BCUT2D eigenvalue weighted by atomic mass is 35.5. The molecule has 1 aromatic rings. The average Bonchev–Trinajstić information content (AvgIpc) is 2.38. The standard InChI is InChI=1S/C13H17ClN2O2/c1-8-3-5-9(6-4-8)12-15-7-10(11(14)16-12)13(17)18-2/h7-9H,3-6H2,1-2H3. The van der Waals surface area contributed by atoms with Crippen LogP contribution in [0.2, 0.25) is 5.15 Å². The van der Waals surface area contributed by atoms with E-state index < -0.39 is 5.97 Å². The maximum absolute atomic E-state index is 11.4. The van der Waals surface area contributed by atoms with Crippen molar-refractivity contribution in [1.82, 2.24) is 9.97 Å². The minimum atomic E-state index is -0.496. The fraction of sp³-hybridized carbons (Fsp3) is 0.615. The molecular formula is C13H17ClN2O2. The van der Waals surface area contributed by atoms with Crippen molar-refractivity contribution in [3.63, 3.8) is 0 Å². The van der Waals surface area contributed by atoms with Crippen molar-refractivity contribution in [2.24, 2.45) is 5.92 Å². The second-order valence-electron chi connectivity index (χ2n) is 4.88. The van der Waals surface area contributed by atoms with E-state index in [1.165, 1.54) is 26.1 Å². The fourth-order valence-corrected chi connectivity index (χ4v) is 2.55. The van der Waals surface area contributed by atoms with Crippen molar-refractivity contribution >= 4 is 17.6 Å². The van der Waals surface area contributed by atoms with Gasteiger partial charge in [0.25, 0.3) is 0 Å². The van der Waals surface area contributed by atoms with Crippen LogP contribution in [0, 0.1) is 5.92 Å². The number of carbonyl (C=O) groups excluding carboxylic acids is 1. The van der Waals surface area contributed by atoms with Crippen molar-refractivity contribution < 1.29 is 9.53 Å². The lowest BCUT2D eigenvalue weighted by Gasteiger charge is -2.25. The molecule has 0 bridgehead atoms. The molecule has 0 spiro atoms. The third kappa shape index (κ3) is 2.80. The number of hydrogen-bond acceptors (Lipinski definition) is 4. The van der Waals surface area contributed by atoms with Gasteiger partial charge in [0.05, 0.1) is 7.11 Å². The molecule has 2 rings (SSSR count). The van der Waals surface area contributed by atoms with Gasteiger partial charge in [-0.2, -0.15) is 0 Å². The van der Waals surface area contributed by atoms with Crippen molar-refractivity contribution in [2.75, 3.05) is 7.11 Å².